The van der Waals surface area contributed by atoms with Crippen molar-refractivity contribution in [2.75, 3.05) is 33.4 Å². The highest BCUT2D eigenvalue weighted by atomic mass is 19.2. The molecular formula is C14H17F3N2O3. The molecule has 1 aromatic rings. The van der Waals surface area contributed by atoms with E-state index >= 15 is 0 Å². The van der Waals surface area contributed by atoms with E-state index in [1.54, 1.807) is 7.11 Å². The number of nitrogens with zero attached hydrogens (tertiary/aromatic N) is 1. The molecule has 0 radical (unpaired) electrons. The van der Waals surface area contributed by atoms with Crippen LogP contribution < -0.4 is 5.32 Å². The molecule has 0 saturated carbocycles. The second-order valence-corrected chi connectivity index (χ2v) is 5.21. The molecule has 1 fully saturated rings. The minimum Gasteiger partial charge on any atom is -0.465 e. The molecule has 0 spiro atoms. The number of benzene rings is 1. The van der Waals surface area contributed by atoms with Gasteiger partial charge in [0, 0.05) is 32.7 Å². The third-order valence-corrected chi connectivity index (χ3v) is 3.75. The van der Waals surface area contributed by atoms with Crippen LogP contribution in [0.1, 0.15) is 11.5 Å². The first kappa shape index (κ1) is 16.6. The Morgan fingerprint density at radius 2 is 2.00 bits per heavy atom. The number of hydrogen-bond donors (Lipinski definition) is 2. The Morgan fingerprint density at radius 1 is 1.36 bits per heavy atom. The average Bonchev–Trinajstić information content (AvgIpc) is 2.84. The number of carbonyl (C=O) groups is 1. The topological polar surface area (TPSA) is 61.8 Å². The van der Waals surface area contributed by atoms with Crippen molar-refractivity contribution < 1.29 is 27.8 Å². The van der Waals surface area contributed by atoms with Crippen LogP contribution in [-0.2, 0) is 4.74 Å². The number of rotatable bonds is 5. The summed E-state index contributed by atoms with van der Waals surface area (Å²) in [6.45, 7) is 1.81. The Kier molecular flexibility index (Phi) is 5.25. The van der Waals surface area contributed by atoms with Crippen LogP contribution in [0.4, 0.5) is 18.0 Å². The Balaban J connectivity index is 2.23. The predicted molar refractivity (Wildman–Crippen MR) is 72.3 cm³/mol. The average molecular weight is 318 g/mol. The fourth-order valence-corrected chi connectivity index (χ4v) is 2.72. The van der Waals surface area contributed by atoms with Crippen molar-refractivity contribution in [1.29, 1.82) is 0 Å². The molecule has 122 valence electrons. The highest BCUT2D eigenvalue weighted by Gasteiger charge is 2.35. The van der Waals surface area contributed by atoms with E-state index in [0.717, 1.165) is 12.1 Å². The number of likely N-dealkylation sites (tertiary alicyclic amines) is 1. The summed E-state index contributed by atoms with van der Waals surface area (Å²) in [4.78, 5) is 12.8. The summed E-state index contributed by atoms with van der Waals surface area (Å²) in [5.41, 5.74) is 0.232. The van der Waals surface area contributed by atoms with Gasteiger partial charge in [-0.3, -0.25) is 4.90 Å². The van der Waals surface area contributed by atoms with Crippen molar-refractivity contribution in [1.82, 2.24) is 10.2 Å². The molecule has 2 rings (SSSR count). The number of carboxylic acid groups (broad SMARTS) is 1. The lowest BCUT2D eigenvalue weighted by molar-refractivity contribution is 0.158. The number of nitrogens with one attached hydrogen (secondary N) is 1. The maximum absolute atomic E-state index is 13.4. The van der Waals surface area contributed by atoms with E-state index in [-0.39, 0.29) is 5.56 Å². The van der Waals surface area contributed by atoms with Crippen molar-refractivity contribution in [3.63, 3.8) is 0 Å². The molecule has 0 bridgehead atoms. The molecule has 1 amide bonds. The number of ether oxygens (including phenoxy) is 1. The molecular weight excluding hydrogens is 301 g/mol. The highest BCUT2D eigenvalue weighted by Crippen LogP contribution is 2.29. The fourth-order valence-electron chi connectivity index (χ4n) is 2.72. The molecule has 1 aliphatic rings. The molecule has 0 unspecified atom stereocenters. The van der Waals surface area contributed by atoms with E-state index in [2.05, 4.69) is 5.32 Å². The quantitative estimate of drug-likeness (QED) is 0.813. The minimum absolute atomic E-state index is 0.232. The van der Waals surface area contributed by atoms with E-state index < -0.39 is 35.5 Å². The molecule has 1 saturated heterocycles. The van der Waals surface area contributed by atoms with Crippen LogP contribution >= 0.6 is 0 Å². The molecule has 0 aromatic heterocycles. The highest BCUT2D eigenvalue weighted by molar-refractivity contribution is 5.65. The van der Waals surface area contributed by atoms with Crippen molar-refractivity contribution in [2.24, 2.45) is 0 Å². The van der Waals surface area contributed by atoms with E-state index in [9.17, 15) is 18.0 Å². The Hall–Kier alpha value is -1.80. The van der Waals surface area contributed by atoms with Crippen molar-refractivity contribution >= 4 is 6.09 Å². The Bertz CT molecular complexity index is 533. The standard InChI is InChI=1S/C14H17F3N2O3/c1-22-3-2-19-6-9(12(7-19)18-14(20)21)8-4-10(15)13(17)11(16)5-8/h4-5,9,12,18H,2-3,6-7H2,1H3,(H,20,21)/t9-,12+/m0/s1. The summed E-state index contributed by atoms with van der Waals surface area (Å²) in [7, 11) is 1.55. The van der Waals surface area contributed by atoms with E-state index in [1.165, 1.54) is 0 Å². The monoisotopic (exact) mass is 318 g/mol. The molecule has 22 heavy (non-hydrogen) atoms. The molecule has 2 atom stereocenters. The van der Waals surface area contributed by atoms with E-state index in [0.29, 0.717) is 26.2 Å². The van der Waals surface area contributed by atoms with Crippen LogP contribution in [0.25, 0.3) is 0 Å². The zero-order valence-corrected chi connectivity index (χ0v) is 12.0. The van der Waals surface area contributed by atoms with Gasteiger partial charge in [0.1, 0.15) is 0 Å². The summed E-state index contributed by atoms with van der Waals surface area (Å²) in [6.07, 6.45) is -1.22. The zero-order chi connectivity index (χ0) is 16.3. The minimum atomic E-state index is -1.53. The summed E-state index contributed by atoms with van der Waals surface area (Å²) in [5.74, 6) is -4.54. The van der Waals surface area contributed by atoms with Crippen LogP contribution in [0.2, 0.25) is 0 Å². The van der Waals surface area contributed by atoms with Crippen molar-refractivity contribution in [3.8, 4) is 0 Å². The third-order valence-electron chi connectivity index (χ3n) is 3.75. The number of amides is 1. The van der Waals surface area contributed by atoms with Crippen molar-refractivity contribution in [3.05, 3.63) is 35.1 Å². The first-order valence-electron chi connectivity index (χ1n) is 6.77. The maximum Gasteiger partial charge on any atom is 0.404 e. The normalized spacial score (nSPS) is 22.0. The molecule has 2 N–H and O–H groups in total. The van der Waals surface area contributed by atoms with Gasteiger partial charge in [-0.15, -0.1) is 0 Å². The van der Waals surface area contributed by atoms with Gasteiger partial charge in [0.05, 0.1) is 12.6 Å². The van der Waals surface area contributed by atoms with E-state index in [1.807, 2.05) is 4.90 Å². The van der Waals surface area contributed by atoms with Crippen LogP contribution in [0, 0.1) is 17.5 Å². The van der Waals surface area contributed by atoms with E-state index in [4.69, 9.17) is 9.84 Å². The summed E-state index contributed by atoms with van der Waals surface area (Å²) in [5, 5.41) is 11.2. The molecule has 0 aliphatic carbocycles. The van der Waals surface area contributed by atoms with Gasteiger partial charge in [0.15, 0.2) is 17.5 Å². The Labute approximate surface area is 125 Å². The molecule has 1 heterocycles. The Morgan fingerprint density at radius 3 is 2.55 bits per heavy atom. The zero-order valence-electron chi connectivity index (χ0n) is 12.0. The maximum atomic E-state index is 13.4. The lowest BCUT2D eigenvalue weighted by Gasteiger charge is -2.19. The second-order valence-electron chi connectivity index (χ2n) is 5.21. The van der Waals surface area contributed by atoms with Crippen LogP contribution in [0.15, 0.2) is 12.1 Å². The molecule has 1 aromatic carbocycles. The summed E-state index contributed by atoms with van der Waals surface area (Å²) >= 11 is 0. The first-order chi connectivity index (χ1) is 10.4. The lowest BCUT2D eigenvalue weighted by Crippen LogP contribution is -2.39. The number of methoxy groups -OCH3 is 1. The van der Waals surface area contributed by atoms with Gasteiger partial charge in [-0.05, 0) is 17.7 Å². The van der Waals surface area contributed by atoms with Gasteiger partial charge in [-0.2, -0.15) is 0 Å². The smallest absolute Gasteiger partial charge is 0.404 e. The largest absolute Gasteiger partial charge is 0.465 e. The van der Waals surface area contributed by atoms with Gasteiger partial charge in [0.2, 0.25) is 0 Å². The van der Waals surface area contributed by atoms with Gasteiger partial charge in [-0.1, -0.05) is 0 Å². The predicted octanol–water partition coefficient (Wildman–Crippen LogP) is 1.79. The SMILES string of the molecule is COCCN1C[C@@H](NC(=O)O)[C@H](c2cc(F)c(F)c(F)c2)C1. The summed E-state index contributed by atoms with van der Waals surface area (Å²) < 4.78 is 44.8. The van der Waals surface area contributed by atoms with Gasteiger partial charge in [-0.25, -0.2) is 18.0 Å². The first-order valence-corrected chi connectivity index (χ1v) is 6.77. The number of hydrogen-bond acceptors (Lipinski definition) is 3. The molecule has 1 aliphatic heterocycles. The van der Waals surface area contributed by atoms with Crippen LogP contribution in [0.3, 0.4) is 0 Å². The molecule has 5 nitrogen and oxygen atoms in total. The van der Waals surface area contributed by atoms with Gasteiger partial charge >= 0.3 is 6.09 Å². The lowest BCUT2D eigenvalue weighted by atomic mass is 9.94. The second kappa shape index (κ2) is 6.97. The van der Waals surface area contributed by atoms with Crippen molar-refractivity contribution in [2.45, 2.75) is 12.0 Å². The molecule has 8 heteroatoms. The van der Waals surface area contributed by atoms with Gasteiger partial charge in [0.25, 0.3) is 0 Å². The number of halogens is 3. The van der Waals surface area contributed by atoms with Gasteiger partial charge < -0.3 is 15.2 Å². The van der Waals surface area contributed by atoms with Crippen LogP contribution in [-0.4, -0.2) is 55.5 Å². The third kappa shape index (κ3) is 3.69. The summed E-state index contributed by atoms with van der Waals surface area (Å²) in [6, 6.07) is 1.30. The fraction of sp³-hybridized carbons (Fsp3) is 0.500. The van der Waals surface area contributed by atoms with Crippen LogP contribution in [0.5, 0.6) is 0 Å².